The highest BCUT2D eigenvalue weighted by atomic mass is 35.5. The van der Waals surface area contributed by atoms with Gasteiger partial charge in [-0.15, -0.1) is 12.6 Å². The standard InChI is InChI=1S/C24H27ClO2S2/c1-17(2)18-7-13-22-19(16-24(28)23(22)14-8-18)6-4-3-5-15-29(26,27)21-11-9-20(25)10-12-21/h7-14,16-17,28H,3-6,15H2,1-2H3. The van der Waals surface area contributed by atoms with Crippen molar-refractivity contribution in [1.82, 2.24) is 0 Å². The molecule has 3 rings (SSSR count). The summed E-state index contributed by atoms with van der Waals surface area (Å²) in [7, 11) is -3.25. The van der Waals surface area contributed by atoms with Gasteiger partial charge in [0.1, 0.15) is 0 Å². The second-order valence-corrected chi connectivity index (χ2v) is 10.8. The summed E-state index contributed by atoms with van der Waals surface area (Å²) in [6.45, 7) is 4.39. The van der Waals surface area contributed by atoms with Crippen LogP contribution < -0.4 is 0 Å². The van der Waals surface area contributed by atoms with Crippen LogP contribution in [0.1, 0.15) is 50.2 Å². The van der Waals surface area contributed by atoms with Crippen molar-refractivity contribution in [3.63, 3.8) is 0 Å². The van der Waals surface area contributed by atoms with E-state index in [1.165, 1.54) is 22.3 Å². The van der Waals surface area contributed by atoms with Gasteiger partial charge in [-0.05, 0) is 77.8 Å². The van der Waals surface area contributed by atoms with Crippen molar-refractivity contribution in [3.05, 3.63) is 70.7 Å². The fraction of sp³-hybridized carbons (Fsp3) is 0.333. The lowest BCUT2D eigenvalue weighted by molar-refractivity contribution is 0.589. The van der Waals surface area contributed by atoms with E-state index < -0.39 is 9.84 Å². The lowest BCUT2D eigenvalue weighted by Crippen LogP contribution is -2.06. The van der Waals surface area contributed by atoms with Crippen LogP contribution in [-0.4, -0.2) is 14.2 Å². The lowest BCUT2D eigenvalue weighted by atomic mass is 10.0. The molecule has 154 valence electrons. The highest BCUT2D eigenvalue weighted by Crippen LogP contribution is 2.36. The number of aryl methyl sites for hydroxylation is 1. The van der Waals surface area contributed by atoms with Gasteiger partial charge in [0.05, 0.1) is 10.6 Å². The molecule has 1 aromatic carbocycles. The van der Waals surface area contributed by atoms with Gasteiger partial charge in [-0.25, -0.2) is 8.42 Å². The quantitative estimate of drug-likeness (QED) is 0.297. The molecule has 0 bridgehead atoms. The zero-order chi connectivity index (χ0) is 21.0. The van der Waals surface area contributed by atoms with Crippen LogP contribution in [0.25, 0.3) is 11.1 Å². The summed E-state index contributed by atoms with van der Waals surface area (Å²) >= 11 is 10.5. The fourth-order valence-corrected chi connectivity index (χ4v) is 5.40. The van der Waals surface area contributed by atoms with Crippen molar-refractivity contribution in [3.8, 4) is 11.1 Å². The van der Waals surface area contributed by atoms with Crippen LogP contribution in [0.3, 0.4) is 0 Å². The smallest absolute Gasteiger partial charge is 0.178 e. The summed E-state index contributed by atoms with van der Waals surface area (Å²) in [5.74, 6) is 0.655. The fourth-order valence-electron chi connectivity index (χ4n) is 3.55. The maximum absolute atomic E-state index is 12.4. The molecule has 0 aromatic heterocycles. The highest BCUT2D eigenvalue weighted by molar-refractivity contribution is 7.91. The Morgan fingerprint density at radius 2 is 1.55 bits per heavy atom. The van der Waals surface area contributed by atoms with E-state index in [0.29, 0.717) is 22.3 Å². The van der Waals surface area contributed by atoms with Crippen molar-refractivity contribution in [2.45, 2.75) is 55.2 Å². The molecule has 2 nitrogen and oxygen atoms in total. The monoisotopic (exact) mass is 446 g/mol. The number of halogens is 1. The van der Waals surface area contributed by atoms with E-state index in [-0.39, 0.29) is 5.75 Å². The summed E-state index contributed by atoms with van der Waals surface area (Å²) < 4.78 is 24.8. The Hall–Kier alpha value is -1.49. The van der Waals surface area contributed by atoms with Gasteiger partial charge in [0.2, 0.25) is 0 Å². The van der Waals surface area contributed by atoms with Gasteiger partial charge in [0.25, 0.3) is 0 Å². The molecule has 1 aromatic rings. The number of benzene rings is 1. The topological polar surface area (TPSA) is 34.1 Å². The number of fused-ring (bicyclic) bond motifs is 1. The van der Waals surface area contributed by atoms with E-state index in [9.17, 15) is 8.42 Å². The molecule has 2 aliphatic rings. The molecule has 0 unspecified atom stereocenters. The normalized spacial score (nSPS) is 12.0. The van der Waals surface area contributed by atoms with Gasteiger partial charge in [-0.3, -0.25) is 0 Å². The molecule has 0 fully saturated rings. The van der Waals surface area contributed by atoms with Crippen molar-refractivity contribution in [2.75, 3.05) is 5.75 Å². The van der Waals surface area contributed by atoms with E-state index in [0.717, 1.165) is 24.2 Å². The molecule has 0 N–H and O–H groups in total. The molecule has 0 aliphatic heterocycles. The van der Waals surface area contributed by atoms with Gasteiger partial charge in [0.15, 0.2) is 9.84 Å². The lowest BCUT2D eigenvalue weighted by Gasteiger charge is -2.05. The first kappa shape index (κ1) is 22.2. The summed E-state index contributed by atoms with van der Waals surface area (Å²) in [6.07, 6.45) is 3.41. The van der Waals surface area contributed by atoms with E-state index in [4.69, 9.17) is 11.6 Å². The Balaban J connectivity index is 1.58. The Labute approximate surface area is 185 Å². The summed E-state index contributed by atoms with van der Waals surface area (Å²) in [4.78, 5) is 1.35. The largest absolute Gasteiger partial charge is 0.224 e. The van der Waals surface area contributed by atoms with Crippen LogP contribution in [0.5, 0.6) is 0 Å². The number of sulfone groups is 1. The van der Waals surface area contributed by atoms with Crippen LogP contribution in [0, 0.1) is 0 Å². The Kier molecular flexibility index (Phi) is 7.31. The zero-order valence-corrected chi connectivity index (χ0v) is 19.3. The molecule has 0 amide bonds. The zero-order valence-electron chi connectivity index (χ0n) is 16.9. The minimum atomic E-state index is -3.25. The molecule has 0 heterocycles. The highest BCUT2D eigenvalue weighted by Gasteiger charge is 2.15. The number of hydrogen-bond acceptors (Lipinski definition) is 3. The van der Waals surface area contributed by atoms with Crippen LogP contribution in [-0.2, 0) is 16.3 Å². The van der Waals surface area contributed by atoms with Crippen LogP contribution >= 0.6 is 24.2 Å². The van der Waals surface area contributed by atoms with Gasteiger partial charge < -0.3 is 0 Å². The molecular weight excluding hydrogens is 420 g/mol. The minimum absolute atomic E-state index is 0.168. The van der Waals surface area contributed by atoms with Crippen LogP contribution in [0.2, 0.25) is 5.02 Å². The van der Waals surface area contributed by atoms with Crippen molar-refractivity contribution in [1.29, 1.82) is 0 Å². The Morgan fingerprint density at radius 3 is 2.21 bits per heavy atom. The molecule has 0 radical (unpaired) electrons. The average molecular weight is 447 g/mol. The van der Waals surface area contributed by atoms with Crippen molar-refractivity contribution in [2.24, 2.45) is 0 Å². The van der Waals surface area contributed by atoms with Crippen molar-refractivity contribution < 1.29 is 8.42 Å². The molecular formula is C24H27ClO2S2. The van der Waals surface area contributed by atoms with Gasteiger partial charge in [-0.1, -0.05) is 56.1 Å². The maximum Gasteiger partial charge on any atom is 0.178 e. The van der Waals surface area contributed by atoms with E-state index in [1.807, 2.05) is 0 Å². The first-order valence-electron chi connectivity index (χ1n) is 10.0. The molecule has 0 atom stereocenters. The SMILES string of the molecule is CC(C)c1ccc2c(S)cc(CCCCCS(=O)(=O)c3ccc(Cl)cc3)c-2cc1. The summed E-state index contributed by atoms with van der Waals surface area (Å²) in [6, 6.07) is 17.3. The molecule has 0 saturated heterocycles. The summed E-state index contributed by atoms with van der Waals surface area (Å²) in [5.41, 5.74) is 5.03. The molecule has 0 spiro atoms. The van der Waals surface area contributed by atoms with Crippen LogP contribution in [0.4, 0.5) is 0 Å². The van der Waals surface area contributed by atoms with E-state index in [2.05, 4.69) is 56.8 Å². The molecule has 0 saturated carbocycles. The number of hydrogen-bond donors (Lipinski definition) is 1. The Bertz CT molecular complexity index is 1040. The maximum atomic E-state index is 12.4. The minimum Gasteiger partial charge on any atom is -0.224 e. The third kappa shape index (κ3) is 5.56. The van der Waals surface area contributed by atoms with Gasteiger partial charge >= 0.3 is 0 Å². The summed E-state index contributed by atoms with van der Waals surface area (Å²) in [5, 5.41) is 0.545. The first-order valence-corrected chi connectivity index (χ1v) is 12.5. The van der Waals surface area contributed by atoms with Crippen LogP contribution in [0.15, 0.2) is 64.4 Å². The number of rotatable bonds is 8. The third-order valence-electron chi connectivity index (χ3n) is 5.31. The molecule has 2 aliphatic carbocycles. The van der Waals surface area contributed by atoms with E-state index in [1.54, 1.807) is 24.3 Å². The molecule has 5 heteroatoms. The predicted octanol–water partition coefficient (Wildman–Crippen LogP) is 7.04. The number of unbranched alkanes of at least 4 members (excludes halogenated alkanes) is 2. The average Bonchev–Trinajstić information content (AvgIpc) is 2.83. The second-order valence-electron chi connectivity index (χ2n) is 7.79. The van der Waals surface area contributed by atoms with E-state index >= 15 is 0 Å². The van der Waals surface area contributed by atoms with Crippen molar-refractivity contribution >= 4 is 34.1 Å². The first-order chi connectivity index (χ1) is 13.8. The van der Waals surface area contributed by atoms with Gasteiger partial charge in [-0.2, -0.15) is 0 Å². The Morgan fingerprint density at radius 1 is 0.897 bits per heavy atom. The number of thiol groups is 1. The van der Waals surface area contributed by atoms with Gasteiger partial charge in [0, 0.05) is 9.92 Å². The molecule has 29 heavy (non-hydrogen) atoms. The second kappa shape index (κ2) is 9.55. The predicted molar refractivity (Wildman–Crippen MR) is 125 cm³/mol. The third-order valence-corrected chi connectivity index (χ3v) is 7.75.